The Hall–Kier alpha value is -2.59. The predicted octanol–water partition coefficient (Wildman–Crippen LogP) is 1.73. The summed E-state index contributed by atoms with van der Waals surface area (Å²) in [7, 11) is -1.74. The van der Waals surface area contributed by atoms with E-state index in [0.717, 1.165) is 31.1 Å². The molecule has 10 heteroatoms. The van der Waals surface area contributed by atoms with Crippen LogP contribution >= 0.6 is 0 Å². The summed E-state index contributed by atoms with van der Waals surface area (Å²) in [6.45, 7) is 5.54. The summed E-state index contributed by atoms with van der Waals surface area (Å²) in [5.41, 5.74) is 1.65. The van der Waals surface area contributed by atoms with Gasteiger partial charge in [-0.05, 0) is 37.5 Å². The monoisotopic (exact) mass is 449 g/mol. The van der Waals surface area contributed by atoms with Gasteiger partial charge in [-0.15, -0.1) is 0 Å². The van der Waals surface area contributed by atoms with Gasteiger partial charge in [-0.2, -0.15) is 4.31 Å². The van der Waals surface area contributed by atoms with Crippen molar-refractivity contribution in [3.63, 3.8) is 0 Å². The van der Waals surface area contributed by atoms with Crippen molar-refractivity contribution in [2.24, 2.45) is 4.99 Å². The number of guanidine groups is 1. The van der Waals surface area contributed by atoms with Gasteiger partial charge in [0.05, 0.1) is 12.8 Å². The number of methoxy groups -OCH3 is 1. The second kappa shape index (κ2) is 11.1. The van der Waals surface area contributed by atoms with E-state index in [1.165, 1.54) is 16.1 Å². The number of hydrogen-bond donors (Lipinski definition) is 1. The summed E-state index contributed by atoms with van der Waals surface area (Å²) >= 11 is 0. The van der Waals surface area contributed by atoms with Gasteiger partial charge in [0, 0.05) is 45.3 Å². The molecule has 0 atom stereocenters. The minimum atomic E-state index is -3.41. The van der Waals surface area contributed by atoms with Gasteiger partial charge >= 0.3 is 0 Å². The van der Waals surface area contributed by atoms with Crippen LogP contribution in [0.4, 0.5) is 0 Å². The van der Waals surface area contributed by atoms with Crippen LogP contribution in [0.1, 0.15) is 24.6 Å². The molecule has 2 aromatic rings. The Morgan fingerprint density at radius 3 is 2.74 bits per heavy atom. The van der Waals surface area contributed by atoms with Crippen molar-refractivity contribution in [3.8, 4) is 5.75 Å². The van der Waals surface area contributed by atoms with Crippen LogP contribution in [0.2, 0.25) is 0 Å². The highest BCUT2D eigenvalue weighted by Crippen LogP contribution is 2.15. The molecule has 0 aliphatic carbocycles. The first-order chi connectivity index (χ1) is 15.0. The van der Waals surface area contributed by atoms with Gasteiger partial charge in [0.25, 0.3) is 0 Å². The number of nitrogens with one attached hydrogen (secondary N) is 1. The number of nitrogens with zero attached hydrogens (tertiary/aromatic N) is 4. The molecule has 1 N–H and O–H groups in total. The number of aryl methyl sites for hydroxylation is 1. The zero-order chi connectivity index (χ0) is 22.1. The molecule has 3 rings (SSSR count). The maximum Gasteiger partial charge on any atom is 0.220 e. The first kappa shape index (κ1) is 23.1. The van der Waals surface area contributed by atoms with E-state index in [1.807, 2.05) is 25.1 Å². The van der Waals surface area contributed by atoms with E-state index in [1.54, 1.807) is 13.2 Å². The number of aromatic nitrogens is 1. The lowest BCUT2D eigenvalue weighted by Crippen LogP contribution is -2.53. The van der Waals surface area contributed by atoms with Crippen LogP contribution < -0.4 is 10.1 Å². The van der Waals surface area contributed by atoms with Crippen molar-refractivity contribution in [1.29, 1.82) is 0 Å². The highest BCUT2D eigenvalue weighted by Gasteiger charge is 2.28. The molecule has 170 valence electrons. The van der Waals surface area contributed by atoms with Crippen LogP contribution in [0.25, 0.3) is 0 Å². The van der Waals surface area contributed by atoms with Crippen LogP contribution in [-0.2, 0) is 22.2 Å². The molecule has 1 fully saturated rings. The number of piperazine rings is 1. The van der Waals surface area contributed by atoms with Crippen molar-refractivity contribution in [3.05, 3.63) is 47.9 Å². The first-order valence-corrected chi connectivity index (χ1v) is 12.2. The Morgan fingerprint density at radius 2 is 2.06 bits per heavy atom. The molecular weight excluding hydrogens is 418 g/mol. The molecule has 1 aliphatic heterocycles. The number of benzene rings is 1. The molecule has 1 aromatic carbocycles. The van der Waals surface area contributed by atoms with Gasteiger partial charge in [0.15, 0.2) is 5.96 Å². The summed E-state index contributed by atoms with van der Waals surface area (Å²) in [6.07, 6.45) is 3.23. The second-order valence-electron chi connectivity index (χ2n) is 7.32. The third kappa shape index (κ3) is 6.70. The molecule has 31 heavy (non-hydrogen) atoms. The number of hydrogen-bond acceptors (Lipinski definition) is 6. The van der Waals surface area contributed by atoms with E-state index < -0.39 is 10.0 Å². The highest BCUT2D eigenvalue weighted by molar-refractivity contribution is 7.88. The topological polar surface area (TPSA) is 100 Å². The fraction of sp³-hybridized carbons (Fsp3) is 0.524. The van der Waals surface area contributed by atoms with Gasteiger partial charge < -0.3 is 19.5 Å². The van der Waals surface area contributed by atoms with E-state index in [2.05, 4.69) is 21.4 Å². The summed E-state index contributed by atoms with van der Waals surface area (Å²) in [5, 5.41) is 7.03. The van der Waals surface area contributed by atoms with Gasteiger partial charge in [-0.25, -0.2) is 8.42 Å². The van der Waals surface area contributed by atoms with Crippen molar-refractivity contribution < 1.29 is 17.7 Å². The average Bonchev–Trinajstić information content (AvgIpc) is 3.28. The third-order valence-electron chi connectivity index (χ3n) is 5.11. The molecule has 1 aromatic heterocycles. The molecule has 9 nitrogen and oxygen atoms in total. The van der Waals surface area contributed by atoms with Gasteiger partial charge in [-0.1, -0.05) is 17.3 Å². The Kier molecular flexibility index (Phi) is 8.30. The molecule has 0 radical (unpaired) electrons. The first-order valence-electron chi connectivity index (χ1n) is 10.5. The van der Waals surface area contributed by atoms with E-state index in [9.17, 15) is 8.42 Å². The third-order valence-corrected chi connectivity index (χ3v) is 6.92. The van der Waals surface area contributed by atoms with E-state index in [4.69, 9.17) is 14.3 Å². The van der Waals surface area contributed by atoms with E-state index in [-0.39, 0.29) is 5.75 Å². The van der Waals surface area contributed by atoms with Crippen LogP contribution in [0.3, 0.4) is 0 Å². The maximum absolute atomic E-state index is 12.6. The smallest absolute Gasteiger partial charge is 0.220 e. The number of rotatable bonds is 9. The minimum Gasteiger partial charge on any atom is -0.497 e. The Bertz CT molecular complexity index is 938. The number of sulfonamides is 1. The molecule has 0 amide bonds. The lowest BCUT2D eigenvalue weighted by molar-refractivity contribution is 0.260. The van der Waals surface area contributed by atoms with E-state index >= 15 is 0 Å². The Balaban J connectivity index is 1.51. The largest absolute Gasteiger partial charge is 0.497 e. The lowest BCUT2D eigenvalue weighted by atomic mass is 10.1. The fourth-order valence-electron chi connectivity index (χ4n) is 3.49. The number of aliphatic imine (C=N–C) groups is 1. The van der Waals surface area contributed by atoms with Crippen LogP contribution in [0.15, 0.2) is 46.1 Å². The Morgan fingerprint density at radius 1 is 1.26 bits per heavy atom. The van der Waals surface area contributed by atoms with Crippen LogP contribution in [0, 0.1) is 0 Å². The molecule has 1 saturated heterocycles. The van der Waals surface area contributed by atoms with E-state index in [0.29, 0.717) is 38.4 Å². The Labute approximate surface area is 184 Å². The van der Waals surface area contributed by atoms with Gasteiger partial charge in [0.1, 0.15) is 17.8 Å². The quantitative estimate of drug-likeness (QED) is 0.353. The second-order valence-corrected chi connectivity index (χ2v) is 9.29. The maximum atomic E-state index is 12.6. The van der Waals surface area contributed by atoms with Crippen molar-refractivity contribution in [2.45, 2.75) is 25.5 Å². The summed E-state index contributed by atoms with van der Waals surface area (Å²) in [5.74, 6) is 1.56. The highest BCUT2D eigenvalue weighted by atomic mass is 32.2. The zero-order valence-corrected chi connectivity index (χ0v) is 19.0. The molecule has 2 heterocycles. The predicted molar refractivity (Wildman–Crippen MR) is 120 cm³/mol. The normalized spacial score (nSPS) is 15.8. The molecule has 1 aliphatic rings. The fourth-order valence-corrected chi connectivity index (χ4v) is 4.92. The summed E-state index contributed by atoms with van der Waals surface area (Å²) in [4.78, 5) is 6.87. The molecular formula is C21H31N5O4S. The SMILES string of the molecule is CCNC(=NCCCc1cccc(OC)c1)N1CCN(S(=O)(=O)Cc2ccon2)CC1. The molecule has 0 spiro atoms. The summed E-state index contributed by atoms with van der Waals surface area (Å²) < 4.78 is 36.8. The summed E-state index contributed by atoms with van der Waals surface area (Å²) in [6, 6.07) is 9.66. The molecule has 0 bridgehead atoms. The van der Waals surface area contributed by atoms with Crippen molar-refractivity contribution >= 4 is 16.0 Å². The van der Waals surface area contributed by atoms with Crippen molar-refractivity contribution in [1.82, 2.24) is 19.7 Å². The zero-order valence-electron chi connectivity index (χ0n) is 18.2. The number of ether oxygens (including phenoxy) is 1. The average molecular weight is 450 g/mol. The lowest BCUT2D eigenvalue weighted by Gasteiger charge is -2.35. The van der Waals surface area contributed by atoms with Gasteiger partial charge in [-0.3, -0.25) is 4.99 Å². The van der Waals surface area contributed by atoms with Gasteiger partial charge in [0.2, 0.25) is 10.0 Å². The van der Waals surface area contributed by atoms with Crippen LogP contribution in [-0.4, -0.2) is 75.1 Å². The van der Waals surface area contributed by atoms with Crippen molar-refractivity contribution in [2.75, 3.05) is 46.4 Å². The molecule has 0 unspecified atom stereocenters. The standard InChI is InChI=1S/C21H31N5O4S/c1-3-22-21(23-10-5-7-18-6-4-8-20(16-18)29-2)25-11-13-26(14-12-25)31(27,28)17-19-9-15-30-24-19/h4,6,8-9,15-16H,3,5,7,10-14,17H2,1-2H3,(H,22,23). The van der Waals surface area contributed by atoms with Crippen LogP contribution in [0.5, 0.6) is 5.75 Å². The minimum absolute atomic E-state index is 0.137. The molecule has 0 saturated carbocycles.